The Morgan fingerprint density at radius 3 is 2.57 bits per heavy atom. The molecule has 3 aromatic rings. The van der Waals surface area contributed by atoms with Crippen LogP contribution in [0.3, 0.4) is 0 Å². The second kappa shape index (κ2) is 7.30. The SMILES string of the molecule is CSc1cccc(NC(=O)Nc2ccc(-c3nccs3)cc2)c1. The summed E-state index contributed by atoms with van der Waals surface area (Å²) < 4.78 is 0. The molecule has 0 unspecified atom stereocenters. The standard InChI is InChI=1S/C17H15N3OS2/c1-22-15-4-2-3-14(11-15)20-17(21)19-13-7-5-12(6-8-13)16-18-9-10-23-16/h2-11H,1H3,(H2,19,20,21). The Morgan fingerprint density at radius 2 is 1.87 bits per heavy atom. The monoisotopic (exact) mass is 341 g/mol. The number of carbonyl (C=O) groups excluding carboxylic acids is 1. The van der Waals surface area contributed by atoms with Crippen LogP contribution in [0.15, 0.2) is 65.0 Å². The van der Waals surface area contributed by atoms with Gasteiger partial charge >= 0.3 is 6.03 Å². The van der Waals surface area contributed by atoms with Crippen LogP contribution in [0.4, 0.5) is 16.2 Å². The normalized spacial score (nSPS) is 10.3. The van der Waals surface area contributed by atoms with Crippen LogP contribution in [-0.2, 0) is 0 Å². The molecule has 0 bridgehead atoms. The number of urea groups is 1. The molecule has 0 aliphatic carbocycles. The number of aromatic nitrogens is 1. The van der Waals surface area contributed by atoms with Gasteiger partial charge in [0.15, 0.2) is 0 Å². The van der Waals surface area contributed by atoms with E-state index in [4.69, 9.17) is 0 Å². The number of anilines is 2. The second-order valence-electron chi connectivity index (χ2n) is 4.73. The Labute approximate surface area is 143 Å². The molecule has 2 N–H and O–H groups in total. The molecule has 1 aromatic heterocycles. The van der Waals surface area contributed by atoms with Crippen molar-refractivity contribution >= 4 is 40.5 Å². The van der Waals surface area contributed by atoms with Crippen LogP contribution in [0.5, 0.6) is 0 Å². The fourth-order valence-corrected chi connectivity index (χ4v) is 3.16. The minimum atomic E-state index is -0.259. The fraction of sp³-hybridized carbons (Fsp3) is 0.0588. The zero-order valence-corrected chi connectivity index (χ0v) is 14.1. The van der Waals surface area contributed by atoms with Gasteiger partial charge < -0.3 is 10.6 Å². The molecule has 0 saturated carbocycles. The zero-order valence-electron chi connectivity index (χ0n) is 12.4. The Balaban J connectivity index is 1.63. The maximum Gasteiger partial charge on any atom is 0.323 e. The minimum absolute atomic E-state index is 0.259. The zero-order chi connectivity index (χ0) is 16.1. The number of nitrogens with one attached hydrogen (secondary N) is 2. The predicted molar refractivity (Wildman–Crippen MR) is 98.4 cm³/mol. The predicted octanol–water partition coefficient (Wildman–Crippen LogP) is 5.18. The third kappa shape index (κ3) is 4.12. The fourth-order valence-electron chi connectivity index (χ4n) is 2.06. The molecular formula is C17H15N3OS2. The van der Waals surface area contributed by atoms with Gasteiger partial charge in [-0.05, 0) is 48.7 Å². The molecule has 0 radical (unpaired) electrons. The van der Waals surface area contributed by atoms with E-state index in [-0.39, 0.29) is 6.03 Å². The van der Waals surface area contributed by atoms with Crippen molar-refractivity contribution in [1.29, 1.82) is 0 Å². The molecule has 0 aliphatic heterocycles. The number of thioether (sulfide) groups is 1. The van der Waals surface area contributed by atoms with E-state index in [1.165, 1.54) is 0 Å². The van der Waals surface area contributed by atoms with Crippen molar-refractivity contribution in [3.05, 3.63) is 60.1 Å². The lowest BCUT2D eigenvalue weighted by Crippen LogP contribution is -2.19. The largest absolute Gasteiger partial charge is 0.323 e. The molecule has 0 atom stereocenters. The molecule has 3 rings (SSSR count). The third-order valence-electron chi connectivity index (χ3n) is 3.15. The molecule has 0 aliphatic rings. The van der Waals surface area contributed by atoms with E-state index in [2.05, 4.69) is 15.6 Å². The number of rotatable bonds is 4. The van der Waals surface area contributed by atoms with Crippen molar-refractivity contribution < 1.29 is 4.79 Å². The first-order valence-corrected chi connectivity index (χ1v) is 9.07. The summed E-state index contributed by atoms with van der Waals surface area (Å²) in [4.78, 5) is 17.4. The number of thiazole rings is 1. The number of hydrogen-bond acceptors (Lipinski definition) is 4. The molecule has 23 heavy (non-hydrogen) atoms. The molecule has 0 saturated heterocycles. The van der Waals surface area contributed by atoms with Crippen molar-refractivity contribution in [3.8, 4) is 10.6 Å². The number of benzene rings is 2. The smallest absolute Gasteiger partial charge is 0.308 e. The maximum atomic E-state index is 12.1. The van der Waals surface area contributed by atoms with Crippen molar-refractivity contribution in [2.24, 2.45) is 0 Å². The van der Waals surface area contributed by atoms with E-state index in [1.807, 2.05) is 60.2 Å². The molecule has 0 fully saturated rings. The number of hydrogen-bond donors (Lipinski definition) is 2. The number of carbonyl (C=O) groups is 1. The molecule has 1 heterocycles. The average molecular weight is 341 g/mol. The van der Waals surface area contributed by atoms with Gasteiger partial charge in [0.05, 0.1) is 0 Å². The van der Waals surface area contributed by atoms with Crippen LogP contribution < -0.4 is 10.6 Å². The first kappa shape index (κ1) is 15.6. The van der Waals surface area contributed by atoms with Crippen molar-refractivity contribution in [3.63, 3.8) is 0 Å². The Morgan fingerprint density at radius 1 is 1.09 bits per heavy atom. The van der Waals surface area contributed by atoms with Gasteiger partial charge in [-0.25, -0.2) is 9.78 Å². The van der Waals surface area contributed by atoms with E-state index in [9.17, 15) is 4.79 Å². The van der Waals surface area contributed by atoms with Gasteiger partial charge in [-0.3, -0.25) is 0 Å². The first-order chi connectivity index (χ1) is 11.2. The minimum Gasteiger partial charge on any atom is -0.308 e. The van der Waals surface area contributed by atoms with Gasteiger partial charge in [-0.15, -0.1) is 23.1 Å². The Kier molecular flexibility index (Phi) is 4.95. The lowest BCUT2D eigenvalue weighted by molar-refractivity contribution is 0.262. The molecule has 2 amide bonds. The van der Waals surface area contributed by atoms with E-state index >= 15 is 0 Å². The van der Waals surface area contributed by atoms with Gasteiger partial charge in [-0.2, -0.15) is 0 Å². The van der Waals surface area contributed by atoms with E-state index in [0.717, 1.165) is 26.8 Å². The topological polar surface area (TPSA) is 54.0 Å². The van der Waals surface area contributed by atoms with E-state index in [1.54, 1.807) is 29.3 Å². The molecule has 2 aromatic carbocycles. The van der Waals surface area contributed by atoms with Crippen LogP contribution in [0.1, 0.15) is 0 Å². The van der Waals surface area contributed by atoms with Crippen LogP contribution >= 0.6 is 23.1 Å². The number of amides is 2. The summed E-state index contributed by atoms with van der Waals surface area (Å²) in [5.41, 5.74) is 2.55. The summed E-state index contributed by atoms with van der Waals surface area (Å²) in [7, 11) is 0. The lowest BCUT2D eigenvalue weighted by Gasteiger charge is -2.09. The first-order valence-electron chi connectivity index (χ1n) is 6.96. The second-order valence-corrected chi connectivity index (χ2v) is 6.50. The summed E-state index contributed by atoms with van der Waals surface area (Å²) in [6.45, 7) is 0. The van der Waals surface area contributed by atoms with Crippen molar-refractivity contribution in [1.82, 2.24) is 4.98 Å². The van der Waals surface area contributed by atoms with Crippen LogP contribution in [0.25, 0.3) is 10.6 Å². The van der Waals surface area contributed by atoms with Crippen molar-refractivity contribution in [2.45, 2.75) is 4.90 Å². The van der Waals surface area contributed by atoms with Crippen LogP contribution in [-0.4, -0.2) is 17.3 Å². The molecule has 116 valence electrons. The maximum absolute atomic E-state index is 12.1. The highest BCUT2D eigenvalue weighted by molar-refractivity contribution is 7.98. The third-order valence-corrected chi connectivity index (χ3v) is 4.70. The van der Waals surface area contributed by atoms with Gasteiger partial charge in [0.2, 0.25) is 0 Å². The van der Waals surface area contributed by atoms with E-state index < -0.39 is 0 Å². The quantitative estimate of drug-likeness (QED) is 0.643. The summed E-state index contributed by atoms with van der Waals surface area (Å²) in [5, 5.41) is 8.57. The summed E-state index contributed by atoms with van der Waals surface area (Å²) in [5.74, 6) is 0. The van der Waals surface area contributed by atoms with Gasteiger partial charge in [-0.1, -0.05) is 6.07 Å². The van der Waals surface area contributed by atoms with Crippen LogP contribution in [0.2, 0.25) is 0 Å². The summed E-state index contributed by atoms with van der Waals surface area (Å²) in [6.07, 6.45) is 3.78. The summed E-state index contributed by atoms with van der Waals surface area (Å²) >= 11 is 3.23. The molecular weight excluding hydrogens is 326 g/mol. The molecule has 0 spiro atoms. The van der Waals surface area contributed by atoms with Gasteiger partial charge in [0.1, 0.15) is 5.01 Å². The summed E-state index contributed by atoms with van der Waals surface area (Å²) in [6, 6.07) is 15.1. The van der Waals surface area contributed by atoms with Gasteiger partial charge in [0.25, 0.3) is 0 Å². The van der Waals surface area contributed by atoms with Crippen molar-refractivity contribution in [2.75, 3.05) is 16.9 Å². The lowest BCUT2D eigenvalue weighted by atomic mass is 10.2. The van der Waals surface area contributed by atoms with Gasteiger partial charge in [0, 0.05) is 33.4 Å². The van der Waals surface area contributed by atoms with Crippen LogP contribution in [0, 0.1) is 0 Å². The highest BCUT2D eigenvalue weighted by Gasteiger charge is 2.05. The Bertz CT molecular complexity index is 786. The van der Waals surface area contributed by atoms with E-state index in [0.29, 0.717) is 0 Å². The highest BCUT2D eigenvalue weighted by Crippen LogP contribution is 2.23. The average Bonchev–Trinajstić information content (AvgIpc) is 3.10. The Hall–Kier alpha value is -2.31. The molecule has 4 nitrogen and oxygen atoms in total. The number of nitrogens with zero attached hydrogens (tertiary/aromatic N) is 1. The highest BCUT2D eigenvalue weighted by atomic mass is 32.2. The molecule has 6 heteroatoms.